The van der Waals surface area contributed by atoms with Gasteiger partial charge in [0.15, 0.2) is 0 Å². The topological polar surface area (TPSA) is 75.7 Å². The van der Waals surface area contributed by atoms with E-state index in [1.807, 2.05) is 38.1 Å². The van der Waals surface area contributed by atoms with Crippen LogP contribution in [0.1, 0.15) is 30.2 Å². The maximum Gasteiger partial charge on any atom is 0.243 e. The molecule has 3 rings (SSSR count). The van der Waals surface area contributed by atoms with Gasteiger partial charge in [0.25, 0.3) is 0 Å². The highest BCUT2D eigenvalue weighted by Crippen LogP contribution is 2.33. The molecule has 1 N–H and O–H groups in total. The average Bonchev–Trinajstić information content (AvgIpc) is 2.76. The number of rotatable bonds is 7. The summed E-state index contributed by atoms with van der Waals surface area (Å²) in [6, 6.07) is 12.6. The molecular formula is C22H27ClN2O4S2. The first-order chi connectivity index (χ1) is 14.7. The Morgan fingerprint density at radius 1 is 1.13 bits per heavy atom. The predicted octanol–water partition coefficient (Wildman–Crippen LogP) is 4.49. The molecule has 1 amide bonds. The van der Waals surface area contributed by atoms with Crippen LogP contribution >= 0.6 is 23.4 Å². The molecule has 1 aliphatic heterocycles. The first-order valence-corrected chi connectivity index (χ1v) is 12.8. The van der Waals surface area contributed by atoms with Crippen molar-refractivity contribution < 1.29 is 17.9 Å². The van der Waals surface area contributed by atoms with Crippen molar-refractivity contribution >= 4 is 45.0 Å². The van der Waals surface area contributed by atoms with E-state index in [-0.39, 0.29) is 21.3 Å². The van der Waals surface area contributed by atoms with Gasteiger partial charge in [-0.05, 0) is 56.2 Å². The molecule has 0 saturated carbocycles. The molecule has 0 aromatic heterocycles. The van der Waals surface area contributed by atoms with Crippen LogP contribution in [0.25, 0.3) is 0 Å². The second-order valence-electron chi connectivity index (χ2n) is 7.46. The Kier molecular flexibility index (Phi) is 8.04. The molecule has 9 heteroatoms. The average molecular weight is 483 g/mol. The first-order valence-electron chi connectivity index (χ1n) is 10.1. The third kappa shape index (κ3) is 6.02. The smallest absolute Gasteiger partial charge is 0.243 e. The van der Waals surface area contributed by atoms with Gasteiger partial charge in [-0.2, -0.15) is 4.31 Å². The molecular weight excluding hydrogens is 456 g/mol. The molecule has 0 radical (unpaired) electrons. The number of carbonyl (C=O) groups excluding carboxylic acids is 1. The number of amides is 1. The number of hydrogen-bond donors (Lipinski definition) is 1. The van der Waals surface area contributed by atoms with Crippen LogP contribution in [0.3, 0.4) is 0 Å². The normalized spacial score (nSPS) is 17.2. The minimum atomic E-state index is -3.64. The van der Waals surface area contributed by atoms with Crippen LogP contribution in [0.5, 0.6) is 0 Å². The van der Waals surface area contributed by atoms with Crippen molar-refractivity contribution in [1.82, 2.24) is 4.31 Å². The fourth-order valence-electron chi connectivity index (χ4n) is 3.31. The maximum absolute atomic E-state index is 13.1. The highest BCUT2D eigenvalue weighted by atomic mass is 35.5. The minimum absolute atomic E-state index is 0.105. The molecule has 1 aliphatic rings. The van der Waals surface area contributed by atoms with Crippen LogP contribution in [0.4, 0.5) is 5.69 Å². The number of thioether (sulfide) groups is 1. The van der Waals surface area contributed by atoms with E-state index >= 15 is 0 Å². The molecule has 2 aromatic rings. The zero-order valence-electron chi connectivity index (χ0n) is 17.8. The molecule has 0 aliphatic carbocycles. The summed E-state index contributed by atoms with van der Waals surface area (Å²) in [5.41, 5.74) is 2.19. The third-order valence-corrected chi connectivity index (χ3v) is 8.76. The molecule has 6 nitrogen and oxygen atoms in total. The van der Waals surface area contributed by atoms with E-state index in [0.717, 1.165) is 5.56 Å². The van der Waals surface area contributed by atoms with Crippen molar-refractivity contribution in [3.8, 4) is 0 Å². The standard InChI is InChI=1S/C22H27ClN2O4S2/c1-15-4-9-20(14-21(15)31(27,28)25-10-12-29-13-11-25)24-22(26)17(3)30-16(2)18-5-7-19(23)8-6-18/h4-9,14,16-17H,10-13H2,1-3H3,(H,24,26). The summed E-state index contributed by atoms with van der Waals surface area (Å²) in [5.74, 6) is -0.176. The van der Waals surface area contributed by atoms with Gasteiger partial charge in [0.1, 0.15) is 0 Å². The number of hydrogen-bond acceptors (Lipinski definition) is 5. The Labute approximate surface area is 193 Å². The van der Waals surface area contributed by atoms with Gasteiger partial charge in [-0.1, -0.05) is 29.8 Å². The molecule has 0 spiro atoms. The van der Waals surface area contributed by atoms with Crippen molar-refractivity contribution in [3.05, 3.63) is 58.6 Å². The zero-order chi connectivity index (χ0) is 22.6. The van der Waals surface area contributed by atoms with Gasteiger partial charge in [-0.25, -0.2) is 8.42 Å². The van der Waals surface area contributed by atoms with Crippen LogP contribution in [-0.2, 0) is 19.6 Å². The number of anilines is 1. The van der Waals surface area contributed by atoms with Gasteiger partial charge in [0.05, 0.1) is 23.4 Å². The Morgan fingerprint density at radius 3 is 2.42 bits per heavy atom. The summed E-state index contributed by atoms with van der Waals surface area (Å²) in [5, 5.41) is 3.31. The Hall–Kier alpha value is -1.58. The Morgan fingerprint density at radius 2 is 1.77 bits per heavy atom. The highest BCUT2D eigenvalue weighted by Gasteiger charge is 2.28. The number of aryl methyl sites for hydroxylation is 1. The molecule has 2 unspecified atom stereocenters. The molecule has 1 heterocycles. The van der Waals surface area contributed by atoms with E-state index in [4.69, 9.17) is 16.3 Å². The van der Waals surface area contributed by atoms with Crippen LogP contribution in [0.2, 0.25) is 5.02 Å². The summed E-state index contributed by atoms with van der Waals surface area (Å²) >= 11 is 7.47. The van der Waals surface area contributed by atoms with Gasteiger partial charge < -0.3 is 10.1 Å². The lowest BCUT2D eigenvalue weighted by Crippen LogP contribution is -2.40. The van der Waals surface area contributed by atoms with E-state index in [2.05, 4.69) is 5.32 Å². The lowest BCUT2D eigenvalue weighted by Gasteiger charge is -2.27. The molecule has 0 bridgehead atoms. The molecule has 2 atom stereocenters. The summed E-state index contributed by atoms with van der Waals surface area (Å²) in [4.78, 5) is 13.0. The van der Waals surface area contributed by atoms with E-state index in [9.17, 15) is 13.2 Å². The number of morpholine rings is 1. The fourth-order valence-corrected chi connectivity index (χ4v) is 6.20. The van der Waals surface area contributed by atoms with Crippen LogP contribution in [0, 0.1) is 6.92 Å². The molecule has 31 heavy (non-hydrogen) atoms. The lowest BCUT2D eigenvalue weighted by molar-refractivity contribution is -0.115. The second kappa shape index (κ2) is 10.4. The van der Waals surface area contributed by atoms with Gasteiger partial charge in [-0.15, -0.1) is 11.8 Å². The van der Waals surface area contributed by atoms with Crippen molar-refractivity contribution in [2.24, 2.45) is 0 Å². The van der Waals surface area contributed by atoms with Gasteiger partial charge >= 0.3 is 0 Å². The number of sulfonamides is 1. The van der Waals surface area contributed by atoms with Crippen LogP contribution in [-0.4, -0.2) is 50.2 Å². The number of halogens is 1. The SMILES string of the molecule is Cc1ccc(NC(=O)C(C)SC(C)c2ccc(Cl)cc2)cc1S(=O)(=O)N1CCOCC1. The monoisotopic (exact) mass is 482 g/mol. The molecule has 1 saturated heterocycles. The number of ether oxygens (including phenoxy) is 1. The molecule has 1 fully saturated rings. The van der Waals surface area contributed by atoms with Gasteiger partial charge in [0, 0.05) is 29.0 Å². The van der Waals surface area contributed by atoms with E-state index in [1.54, 1.807) is 19.1 Å². The molecule has 168 valence electrons. The molecule has 2 aromatic carbocycles. The van der Waals surface area contributed by atoms with Crippen molar-refractivity contribution in [3.63, 3.8) is 0 Å². The number of benzene rings is 2. The fraction of sp³-hybridized carbons (Fsp3) is 0.409. The first kappa shape index (κ1) is 24.1. The summed E-state index contributed by atoms with van der Waals surface area (Å²) in [7, 11) is -3.64. The highest BCUT2D eigenvalue weighted by molar-refractivity contribution is 8.00. The van der Waals surface area contributed by atoms with Gasteiger partial charge in [0.2, 0.25) is 15.9 Å². The van der Waals surface area contributed by atoms with Crippen molar-refractivity contribution in [2.75, 3.05) is 31.6 Å². The zero-order valence-corrected chi connectivity index (χ0v) is 20.2. The van der Waals surface area contributed by atoms with Crippen LogP contribution < -0.4 is 5.32 Å². The lowest BCUT2D eigenvalue weighted by atomic mass is 10.2. The number of nitrogens with zero attached hydrogens (tertiary/aromatic N) is 1. The number of carbonyl (C=O) groups is 1. The summed E-state index contributed by atoms with van der Waals surface area (Å²) < 4.78 is 32.8. The minimum Gasteiger partial charge on any atom is -0.379 e. The predicted molar refractivity (Wildman–Crippen MR) is 126 cm³/mol. The summed E-state index contributed by atoms with van der Waals surface area (Å²) in [6.07, 6.45) is 0. The van der Waals surface area contributed by atoms with E-state index < -0.39 is 10.0 Å². The van der Waals surface area contributed by atoms with Gasteiger partial charge in [-0.3, -0.25) is 4.79 Å². The maximum atomic E-state index is 13.1. The van der Waals surface area contributed by atoms with Crippen molar-refractivity contribution in [2.45, 2.75) is 36.2 Å². The quantitative estimate of drug-likeness (QED) is 0.629. The van der Waals surface area contributed by atoms with Crippen molar-refractivity contribution in [1.29, 1.82) is 0 Å². The van der Waals surface area contributed by atoms with E-state index in [0.29, 0.717) is 42.6 Å². The Balaban J connectivity index is 1.69. The summed E-state index contributed by atoms with van der Waals surface area (Å²) in [6.45, 7) is 7.06. The number of nitrogens with one attached hydrogen (secondary N) is 1. The largest absolute Gasteiger partial charge is 0.379 e. The second-order valence-corrected chi connectivity index (χ2v) is 11.5. The third-order valence-electron chi connectivity index (χ3n) is 5.16. The van der Waals surface area contributed by atoms with E-state index in [1.165, 1.54) is 22.1 Å². The Bertz CT molecular complexity index is 1020. The van der Waals surface area contributed by atoms with Crippen LogP contribution in [0.15, 0.2) is 47.4 Å².